The molecule has 1 fully saturated rings. The Bertz CT molecular complexity index is 478. The van der Waals surface area contributed by atoms with E-state index >= 15 is 0 Å². The van der Waals surface area contributed by atoms with E-state index in [2.05, 4.69) is 13.0 Å². The Morgan fingerprint density at radius 1 is 1.16 bits per heavy atom. The van der Waals surface area contributed by atoms with Crippen LogP contribution < -0.4 is 4.74 Å². The minimum Gasteiger partial charge on any atom is -0.490 e. The third-order valence-electron chi connectivity index (χ3n) is 4.42. The number of carbonyl (C=O) groups excluding carboxylic acids is 1. The minimum atomic E-state index is 0.281. The molecule has 0 saturated heterocycles. The number of rotatable bonds is 2. The molecule has 2 nitrogen and oxygen atoms in total. The number of Topliss-reactive ketones (excluding diaryl/α,β-unsaturated/α-hetero) is 1. The monoisotopic (exact) mass is 258 g/mol. The second-order valence-corrected chi connectivity index (χ2v) is 6.11. The molecule has 1 aromatic rings. The van der Waals surface area contributed by atoms with Gasteiger partial charge in [0.05, 0.1) is 6.10 Å². The van der Waals surface area contributed by atoms with Crippen molar-refractivity contribution < 1.29 is 9.53 Å². The number of aryl methyl sites for hydroxylation is 1. The summed E-state index contributed by atoms with van der Waals surface area (Å²) in [7, 11) is 0. The predicted molar refractivity (Wildman–Crippen MR) is 75.8 cm³/mol. The van der Waals surface area contributed by atoms with Crippen molar-refractivity contribution in [2.75, 3.05) is 0 Å². The van der Waals surface area contributed by atoms with Gasteiger partial charge in [-0.1, -0.05) is 19.4 Å². The van der Waals surface area contributed by atoms with Crippen LogP contribution in [0.25, 0.3) is 0 Å². The van der Waals surface area contributed by atoms with Crippen LogP contribution in [0.1, 0.15) is 61.4 Å². The van der Waals surface area contributed by atoms with Gasteiger partial charge in [-0.05, 0) is 55.7 Å². The number of hydrogen-bond acceptors (Lipinski definition) is 2. The molecule has 3 rings (SSSR count). The Labute approximate surface area is 115 Å². The zero-order valence-electron chi connectivity index (χ0n) is 11.7. The number of ketones is 1. The summed E-state index contributed by atoms with van der Waals surface area (Å²) >= 11 is 0. The molecule has 102 valence electrons. The van der Waals surface area contributed by atoms with Gasteiger partial charge in [0.15, 0.2) is 5.78 Å². The van der Waals surface area contributed by atoms with E-state index in [1.165, 1.54) is 18.4 Å². The van der Waals surface area contributed by atoms with Crippen LogP contribution in [0.15, 0.2) is 18.2 Å². The van der Waals surface area contributed by atoms with E-state index in [-0.39, 0.29) is 5.78 Å². The molecule has 2 aliphatic rings. The summed E-state index contributed by atoms with van der Waals surface area (Å²) in [5.41, 5.74) is 2.09. The van der Waals surface area contributed by atoms with E-state index in [0.29, 0.717) is 12.5 Å². The quantitative estimate of drug-likeness (QED) is 0.796. The van der Waals surface area contributed by atoms with Gasteiger partial charge in [0.2, 0.25) is 0 Å². The van der Waals surface area contributed by atoms with E-state index in [4.69, 9.17) is 4.74 Å². The maximum atomic E-state index is 11.9. The molecule has 0 aromatic heterocycles. The summed E-state index contributed by atoms with van der Waals surface area (Å²) in [5, 5.41) is 0. The Hall–Kier alpha value is -1.31. The van der Waals surface area contributed by atoms with Crippen LogP contribution in [0.4, 0.5) is 0 Å². The molecular weight excluding hydrogens is 236 g/mol. The molecule has 2 heteroatoms. The molecule has 0 aliphatic heterocycles. The van der Waals surface area contributed by atoms with E-state index in [0.717, 1.165) is 42.9 Å². The third-order valence-corrected chi connectivity index (χ3v) is 4.42. The molecule has 0 amide bonds. The number of ether oxygens (including phenoxy) is 1. The highest BCUT2D eigenvalue weighted by molar-refractivity contribution is 5.98. The molecule has 1 saturated carbocycles. The van der Waals surface area contributed by atoms with Gasteiger partial charge in [-0.25, -0.2) is 0 Å². The fraction of sp³-hybridized carbons (Fsp3) is 0.588. The van der Waals surface area contributed by atoms with Gasteiger partial charge in [-0.3, -0.25) is 4.79 Å². The molecule has 0 radical (unpaired) electrons. The zero-order valence-corrected chi connectivity index (χ0v) is 11.7. The van der Waals surface area contributed by atoms with Crippen LogP contribution in [0.5, 0.6) is 5.75 Å². The van der Waals surface area contributed by atoms with Crippen molar-refractivity contribution in [3.8, 4) is 5.75 Å². The van der Waals surface area contributed by atoms with Crippen LogP contribution in [-0.4, -0.2) is 11.9 Å². The standard InChI is InChI=1S/C17H22O2/c1-12-4-2-6-14(10-12)19-15-9-8-13-5-3-7-17(18)16(13)11-15/h8-9,11-12,14H,2-7,10H2,1H3. The number of hydrogen-bond donors (Lipinski definition) is 0. The zero-order chi connectivity index (χ0) is 13.2. The fourth-order valence-corrected chi connectivity index (χ4v) is 3.36. The Morgan fingerprint density at radius 3 is 2.89 bits per heavy atom. The number of fused-ring (bicyclic) bond motifs is 1. The number of carbonyl (C=O) groups is 1. The van der Waals surface area contributed by atoms with Crippen LogP contribution in [0.2, 0.25) is 0 Å². The van der Waals surface area contributed by atoms with Gasteiger partial charge in [-0.2, -0.15) is 0 Å². The van der Waals surface area contributed by atoms with Gasteiger partial charge in [0, 0.05) is 12.0 Å². The highest BCUT2D eigenvalue weighted by Crippen LogP contribution is 2.30. The van der Waals surface area contributed by atoms with Crippen LogP contribution >= 0.6 is 0 Å². The maximum Gasteiger partial charge on any atom is 0.163 e. The van der Waals surface area contributed by atoms with E-state index in [1.807, 2.05) is 12.1 Å². The Balaban J connectivity index is 1.74. The first-order valence-corrected chi connectivity index (χ1v) is 7.55. The lowest BCUT2D eigenvalue weighted by Gasteiger charge is -2.28. The van der Waals surface area contributed by atoms with Gasteiger partial charge < -0.3 is 4.74 Å². The highest BCUT2D eigenvalue weighted by Gasteiger charge is 2.22. The first-order chi connectivity index (χ1) is 9.22. The fourth-order valence-electron chi connectivity index (χ4n) is 3.36. The molecule has 2 atom stereocenters. The largest absolute Gasteiger partial charge is 0.490 e. The van der Waals surface area contributed by atoms with Crippen molar-refractivity contribution in [1.29, 1.82) is 0 Å². The normalized spacial score (nSPS) is 26.9. The first-order valence-electron chi connectivity index (χ1n) is 7.55. The van der Waals surface area contributed by atoms with Crippen LogP contribution in [0.3, 0.4) is 0 Å². The maximum absolute atomic E-state index is 11.9. The molecule has 0 spiro atoms. The highest BCUT2D eigenvalue weighted by atomic mass is 16.5. The van der Waals surface area contributed by atoms with Crippen molar-refractivity contribution in [3.63, 3.8) is 0 Å². The van der Waals surface area contributed by atoms with Gasteiger partial charge in [-0.15, -0.1) is 0 Å². The van der Waals surface area contributed by atoms with E-state index < -0.39 is 0 Å². The van der Waals surface area contributed by atoms with Crippen LogP contribution in [0, 0.1) is 5.92 Å². The molecule has 0 N–H and O–H groups in total. The van der Waals surface area contributed by atoms with Gasteiger partial charge >= 0.3 is 0 Å². The average molecular weight is 258 g/mol. The SMILES string of the molecule is CC1CCCC(Oc2ccc3c(c2)C(=O)CCC3)C1. The summed E-state index contributed by atoms with van der Waals surface area (Å²) < 4.78 is 6.09. The topological polar surface area (TPSA) is 26.3 Å². The van der Waals surface area contributed by atoms with E-state index in [9.17, 15) is 4.79 Å². The van der Waals surface area contributed by atoms with Gasteiger partial charge in [0.1, 0.15) is 5.75 Å². The first kappa shape index (κ1) is 12.7. The molecule has 2 aliphatic carbocycles. The Morgan fingerprint density at radius 2 is 2.05 bits per heavy atom. The number of benzene rings is 1. The second-order valence-electron chi connectivity index (χ2n) is 6.11. The summed E-state index contributed by atoms with van der Waals surface area (Å²) in [6.45, 7) is 2.30. The van der Waals surface area contributed by atoms with Crippen molar-refractivity contribution in [3.05, 3.63) is 29.3 Å². The molecule has 0 bridgehead atoms. The summed E-state index contributed by atoms with van der Waals surface area (Å²) in [6.07, 6.45) is 7.92. The lowest BCUT2D eigenvalue weighted by Crippen LogP contribution is -2.24. The summed E-state index contributed by atoms with van der Waals surface area (Å²) in [6, 6.07) is 6.08. The van der Waals surface area contributed by atoms with Crippen molar-refractivity contribution in [1.82, 2.24) is 0 Å². The Kier molecular flexibility index (Phi) is 3.58. The predicted octanol–water partition coefficient (Wildman–Crippen LogP) is 4.16. The lowest BCUT2D eigenvalue weighted by molar-refractivity contribution is 0.0969. The lowest BCUT2D eigenvalue weighted by atomic mass is 9.88. The van der Waals surface area contributed by atoms with Crippen LogP contribution in [-0.2, 0) is 6.42 Å². The van der Waals surface area contributed by atoms with Crippen molar-refractivity contribution in [2.45, 2.75) is 58.0 Å². The molecule has 1 aromatic carbocycles. The smallest absolute Gasteiger partial charge is 0.163 e. The molecular formula is C17H22O2. The third kappa shape index (κ3) is 2.83. The average Bonchev–Trinajstić information content (AvgIpc) is 2.40. The summed E-state index contributed by atoms with van der Waals surface area (Å²) in [4.78, 5) is 11.9. The summed E-state index contributed by atoms with van der Waals surface area (Å²) in [5.74, 6) is 1.93. The second kappa shape index (κ2) is 5.36. The molecule has 19 heavy (non-hydrogen) atoms. The van der Waals surface area contributed by atoms with E-state index in [1.54, 1.807) is 0 Å². The molecule has 2 unspecified atom stereocenters. The minimum absolute atomic E-state index is 0.281. The molecule has 0 heterocycles. The van der Waals surface area contributed by atoms with Crippen molar-refractivity contribution in [2.24, 2.45) is 5.92 Å². The van der Waals surface area contributed by atoms with Crippen molar-refractivity contribution >= 4 is 5.78 Å². The van der Waals surface area contributed by atoms with Gasteiger partial charge in [0.25, 0.3) is 0 Å².